The summed E-state index contributed by atoms with van der Waals surface area (Å²) >= 11 is 4.05. The minimum Gasteiger partial charge on any atom is -0.382 e. The molecule has 1 aliphatic rings. The first-order chi connectivity index (χ1) is 15.0. The first-order valence-electron chi connectivity index (χ1n) is 9.15. The maximum absolute atomic E-state index is 13.1. The molecule has 0 aliphatic carbocycles. The highest BCUT2D eigenvalue weighted by Crippen LogP contribution is 2.40. The van der Waals surface area contributed by atoms with E-state index in [1.807, 2.05) is 24.3 Å². The number of carbonyl (C=O) groups is 2. The lowest BCUT2D eigenvalue weighted by Gasteiger charge is -2.12. The number of aryl methyl sites for hydroxylation is 1. The van der Waals surface area contributed by atoms with Gasteiger partial charge in [0, 0.05) is 21.8 Å². The molecule has 166 valence electrons. The van der Waals surface area contributed by atoms with Crippen LogP contribution in [-0.4, -0.2) is 28.6 Å². The van der Waals surface area contributed by atoms with Crippen molar-refractivity contribution in [3.63, 3.8) is 0 Å². The van der Waals surface area contributed by atoms with Gasteiger partial charge in [-0.3, -0.25) is 9.59 Å². The third-order valence-electron chi connectivity index (χ3n) is 4.74. The fraction of sp³-hybridized carbons (Fsp3) is 0.200. The van der Waals surface area contributed by atoms with Crippen LogP contribution in [0, 0.1) is 6.92 Å². The summed E-state index contributed by atoms with van der Waals surface area (Å²) in [5.74, 6) is -1.50. The van der Waals surface area contributed by atoms with Crippen LogP contribution in [0.25, 0.3) is 10.2 Å². The van der Waals surface area contributed by atoms with Crippen LogP contribution in [-0.2, 0) is 15.8 Å². The molecule has 2 aromatic heterocycles. The molecule has 3 heterocycles. The number of hydrogen-bond acceptors (Lipinski definition) is 6. The molecule has 7 nitrogen and oxygen atoms in total. The summed E-state index contributed by atoms with van der Waals surface area (Å²) in [5, 5.41) is 6.76. The zero-order chi connectivity index (χ0) is 23.2. The second-order valence-corrected chi connectivity index (χ2v) is 8.92. The number of alkyl halides is 3. The molecule has 1 unspecified atom stereocenters. The number of aromatic nitrogens is 1. The standard InChI is InChI=1S/C20H14BrF3N4O3S/c1-8-5-13(20(22,23)24)26-19-14(8)15(16(32-19)17(25)29)27-18(30)12-7-11(28-31-12)9-3-2-4-10(21)6-9/h2-6,12H,7H2,1H3,(H2,25,29)(H,27,30). The lowest BCUT2D eigenvalue weighted by atomic mass is 10.0. The number of oxime groups is 1. The number of halogens is 4. The van der Waals surface area contributed by atoms with Crippen molar-refractivity contribution < 1.29 is 27.6 Å². The quantitative estimate of drug-likeness (QED) is 0.517. The zero-order valence-electron chi connectivity index (χ0n) is 16.3. The lowest BCUT2D eigenvalue weighted by Crippen LogP contribution is -2.29. The summed E-state index contributed by atoms with van der Waals surface area (Å²) < 4.78 is 40.2. The number of nitrogens with zero attached hydrogens (tertiary/aromatic N) is 2. The Morgan fingerprint density at radius 1 is 1.31 bits per heavy atom. The summed E-state index contributed by atoms with van der Waals surface area (Å²) in [5.41, 5.74) is 5.85. The first-order valence-corrected chi connectivity index (χ1v) is 10.8. The number of hydrogen-bond donors (Lipinski definition) is 2. The fourth-order valence-electron chi connectivity index (χ4n) is 3.28. The number of primary amides is 1. The van der Waals surface area contributed by atoms with Gasteiger partial charge in [-0.2, -0.15) is 13.2 Å². The lowest BCUT2D eigenvalue weighted by molar-refractivity contribution is -0.141. The van der Waals surface area contributed by atoms with E-state index in [-0.39, 0.29) is 32.8 Å². The molecule has 0 saturated carbocycles. The Kier molecular flexibility index (Phi) is 5.67. The van der Waals surface area contributed by atoms with Crippen molar-refractivity contribution in [3.05, 3.63) is 56.5 Å². The number of rotatable bonds is 4. The highest BCUT2D eigenvalue weighted by Gasteiger charge is 2.35. The van der Waals surface area contributed by atoms with Crippen molar-refractivity contribution in [1.29, 1.82) is 0 Å². The number of pyridine rings is 1. The normalized spacial score (nSPS) is 16.0. The number of carbonyl (C=O) groups excluding carboxylic acids is 2. The molecule has 32 heavy (non-hydrogen) atoms. The Bertz CT molecular complexity index is 1290. The molecule has 12 heteroatoms. The van der Waals surface area contributed by atoms with Gasteiger partial charge in [0.05, 0.1) is 11.4 Å². The Morgan fingerprint density at radius 2 is 2.06 bits per heavy atom. The molecule has 0 spiro atoms. The maximum Gasteiger partial charge on any atom is 0.433 e. The third-order valence-corrected chi connectivity index (χ3v) is 6.33. The molecule has 1 aliphatic heterocycles. The van der Waals surface area contributed by atoms with Gasteiger partial charge >= 0.3 is 6.18 Å². The summed E-state index contributed by atoms with van der Waals surface area (Å²) in [6.45, 7) is 1.44. The third kappa shape index (κ3) is 4.19. The van der Waals surface area contributed by atoms with E-state index >= 15 is 0 Å². The number of nitrogens with two attached hydrogens (primary N) is 1. The van der Waals surface area contributed by atoms with E-state index in [4.69, 9.17) is 10.6 Å². The summed E-state index contributed by atoms with van der Waals surface area (Å²) in [4.78, 5) is 33.5. The number of nitrogens with one attached hydrogen (secondary N) is 1. The molecule has 0 fully saturated rings. The Balaban J connectivity index is 1.63. The number of thiophene rings is 1. The van der Waals surface area contributed by atoms with Gasteiger partial charge in [0.15, 0.2) is 0 Å². The molecule has 0 saturated heterocycles. The van der Waals surface area contributed by atoms with Gasteiger partial charge in [0.2, 0.25) is 6.10 Å². The van der Waals surface area contributed by atoms with E-state index in [1.165, 1.54) is 6.92 Å². The van der Waals surface area contributed by atoms with Crippen LogP contribution in [0.4, 0.5) is 18.9 Å². The van der Waals surface area contributed by atoms with E-state index in [0.717, 1.165) is 16.1 Å². The number of amides is 2. The molecular weight excluding hydrogens is 513 g/mol. The second-order valence-electron chi connectivity index (χ2n) is 7.01. The van der Waals surface area contributed by atoms with Crippen molar-refractivity contribution in [2.75, 3.05) is 5.32 Å². The molecular formula is C20H14BrF3N4O3S. The van der Waals surface area contributed by atoms with Gasteiger partial charge in [-0.1, -0.05) is 33.2 Å². The second kappa shape index (κ2) is 8.17. The molecule has 1 atom stereocenters. The van der Waals surface area contributed by atoms with Gasteiger partial charge in [-0.25, -0.2) is 4.98 Å². The molecule has 0 radical (unpaired) electrons. The number of benzene rings is 1. The van der Waals surface area contributed by atoms with Crippen LogP contribution in [0.1, 0.15) is 32.9 Å². The van der Waals surface area contributed by atoms with E-state index in [2.05, 4.69) is 31.4 Å². The number of fused-ring (bicyclic) bond motifs is 1. The molecule has 3 N–H and O–H groups in total. The van der Waals surface area contributed by atoms with Crippen LogP contribution in [0.3, 0.4) is 0 Å². The van der Waals surface area contributed by atoms with Gasteiger partial charge in [-0.05, 0) is 30.7 Å². The molecule has 2 amide bonds. The van der Waals surface area contributed by atoms with E-state index in [9.17, 15) is 22.8 Å². The highest BCUT2D eigenvalue weighted by molar-refractivity contribution is 9.10. The van der Waals surface area contributed by atoms with Crippen LogP contribution >= 0.6 is 27.3 Å². The molecule has 1 aromatic carbocycles. The Morgan fingerprint density at radius 3 is 2.72 bits per heavy atom. The topological polar surface area (TPSA) is 107 Å². The highest BCUT2D eigenvalue weighted by atomic mass is 79.9. The SMILES string of the molecule is Cc1cc(C(F)(F)F)nc2sc(C(N)=O)c(NC(=O)C3CC(c4cccc(Br)c4)=NO3)c12. The Hall–Kier alpha value is -2.99. The van der Waals surface area contributed by atoms with E-state index in [1.54, 1.807) is 0 Å². The number of anilines is 1. The maximum atomic E-state index is 13.1. The predicted molar refractivity (Wildman–Crippen MR) is 117 cm³/mol. The first kappa shape index (κ1) is 22.2. The minimum atomic E-state index is -4.66. The van der Waals surface area contributed by atoms with Crippen molar-refractivity contribution in [3.8, 4) is 0 Å². The Labute approximate surface area is 191 Å². The van der Waals surface area contributed by atoms with Crippen molar-refractivity contribution in [2.45, 2.75) is 25.6 Å². The van der Waals surface area contributed by atoms with Crippen LogP contribution in [0.5, 0.6) is 0 Å². The molecule has 0 bridgehead atoms. The van der Waals surface area contributed by atoms with Gasteiger partial charge < -0.3 is 15.9 Å². The molecule has 3 aromatic rings. The smallest absolute Gasteiger partial charge is 0.382 e. The van der Waals surface area contributed by atoms with Crippen molar-refractivity contribution in [1.82, 2.24) is 4.98 Å². The monoisotopic (exact) mass is 526 g/mol. The van der Waals surface area contributed by atoms with Gasteiger partial charge in [0.25, 0.3) is 11.8 Å². The summed E-state index contributed by atoms with van der Waals surface area (Å²) in [6.07, 6.45) is -5.47. The summed E-state index contributed by atoms with van der Waals surface area (Å²) in [7, 11) is 0. The van der Waals surface area contributed by atoms with Gasteiger partial charge in [0.1, 0.15) is 15.4 Å². The fourth-order valence-corrected chi connectivity index (χ4v) is 4.74. The van der Waals surface area contributed by atoms with E-state index < -0.39 is 29.8 Å². The van der Waals surface area contributed by atoms with Crippen molar-refractivity contribution in [2.24, 2.45) is 10.9 Å². The zero-order valence-corrected chi connectivity index (χ0v) is 18.7. The average Bonchev–Trinajstić information content (AvgIpc) is 3.33. The minimum absolute atomic E-state index is 0.0146. The van der Waals surface area contributed by atoms with E-state index in [0.29, 0.717) is 17.0 Å². The van der Waals surface area contributed by atoms with Crippen LogP contribution in [0.2, 0.25) is 0 Å². The average molecular weight is 527 g/mol. The summed E-state index contributed by atoms with van der Waals surface area (Å²) in [6, 6.07) is 8.16. The van der Waals surface area contributed by atoms with Crippen molar-refractivity contribution >= 4 is 60.7 Å². The van der Waals surface area contributed by atoms with Crippen LogP contribution < -0.4 is 11.1 Å². The van der Waals surface area contributed by atoms with Gasteiger partial charge in [-0.15, -0.1) is 11.3 Å². The largest absolute Gasteiger partial charge is 0.433 e. The predicted octanol–water partition coefficient (Wildman–Crippen LogP) is 4.62. The molecule has 4 rings (SSSR count). The van der Waals surface area contributed by atoms with Crippen LogP contribution in [0.15, 0.2) is 40.0 Å².